The van der Waals surface area contributed by atoms with Gasteiger partial charge in [-0.25, -0.2) is 4.98 Å². The summed E-state index contributed by atoms with van der Waals surface area (Å²) in [6.07, 6.45) is 1.33. The Bertz CT molecular complexity index is 1050. The van der Waals surface area contributed by atoms with Crippen molar-refractivity contribution in [2.75, 3.05) is 12.4 Å². The van der Waals surface area contributed by atoms with Crippen LogP contribution in [0.3, 0.4) is 0 Å². The van der Waals surface area contributed by atoms with Gasteiger partial charge in [-0.15, -0.1) is 0 Å². The van der Waals surface area contributed by atoms with Gasteiger partial charge in [-0.2, -0.15) is 5.26 Å². The zero-order valence-electron chi connectivity index (χ0n) is 16.8. The summed E-state index contributed by atoms with van der Waals surface area (Å²) in [6, 6.07) is 17.2. The number of para-hydroxylation sites is 1. The maximum atomic E-state index is 13.0. The lowest BCUT2D eigenvalue weighted by molar-refractivity contribution is 0.343. The van der Waals surface area contributed by atoms with Crippen LogP contribution in [0.4, 0.5) is 0 Å². The van der Waals surface area contributed by atoms with Crippen LogP contribution in [0, 0.1) is 17.2 Å². The molecule has 0 bridgehead atoms. The summed E-state index contributed by atoms with van der Waals surface area (Å²) in [5, 5.41) is 10.1. The third-order valence-corrected chi connectivity index (χ3v) is 5.49. The lowest BCUT2D eigenvalue weighted by Gasteiger charge is -2.14. The largest absolute Gasteiger partial charge is 0.493 e. The van der Waals surface area contributed by atoms with Crippen LogP contribution >= 0.6 is 11.8 Å². The monoisotopic (exact) mass is 407 g/mol. The van der Waals surface area contributed by atoms with Crippen molar-refractivity contribution < 1.29 is 4.74 Å². The van der Waals surface area contributed by atoms with Crippen LogP contribution < -0.4 is 10.3 Å². The van der Waals surface area contributed by atoms with Crippen molar-refractivity contribution >= 4 is 22.7 Å². The van der Waals surface area contributed by atoms with Gasteiger partial charge in [-0.3, -0.25) is 9.36 Å². The Kier molecular flexibility index (Phi) is 7.31. The first kappa shape index (κ1) is 20.9. The molecule has 0 aliphatic rings. The van der Waals surface area contributed by atoms with Gasteiger partial charge in [0.1, 0.15) is 5.75 Å². The number of nitrogens with zero attached hydrogens (tertiary/aromatic N) is 3. The zero-order valence-corrected chi connectivity index (χ0v) is 17.6. The van der Waals surface area contributed by atoms with Crippen LogP contribution in [0.15, 0.2) is 58.5 Å². The van der Waals surface area contributed by atoms with Gasteiger partial charge in [0.05, 0.1) is 30.0 Å². The Morgan fingerprint density at radius 3 is 2.66 bits per heavy atom. The molecule has 3 rings (SSSR count). The number of hydrogen-bond donors (Lipinski definition) is 0. The zero-order chi connectivity index (χ0) is 20.6. The molecule has 0 unspecified atom stereocenters. The number of aromatic nitrogens is 2. The lowest BCUT2D eigenvalue weighted by atomic mass is 10.1. The van der Waals surface area contributed by atoms with E-state index in [1.807, 2.05) is 48.5 Å². The van der Waals surface area contributed by atoms with Gasteiger partial charge >= 0.3 is 0 Å². The Hall–Kier alpha value is -2.78. The Morgan fingerprint density at radius 2 is 1.93 bits per heavy atom. The molecule has 0 N–H and O–H groups in total. The molecule has 1 heterocycles. The molecule has 0 aliphatic carbocycles. The summed E-state index contributed by atoms with van der Waals surface area (Å²) in [5.41, 5.74) is 1.73. The molecular weight excluding hydrogens is 382 g/mol. The fraction of sp³-hybridized carbons (Fsp3) is 0.348. The van der Waals surface area contributed by atoms with E-state index in [4.69, 9.17) is 15.0 Å². The molecule has 1 aromatic heterocycles. The topological polar surface area (TPSA) is 67.9 Å². The third kappa shape index (κ3) is 5.61. The van der Waals surface area contributed by atoms with E-state index in [1.54, 1.807) is 16.3 Å². The smallest absolute Gasteiger partial charge is 0.262 e. The quantitative estimate of drug-likeness (QED) is 0.293. The number of ether oxygens (including phenoxy) is 1. The highest BCUT2D eigenvalue weighted by Gasteiger charge is 2.12. The lowest BCUT2D eigenvalue weighted by Crippen LogP contribution is -2.24. The highest BCUT2D eigenvalue weighted by atomic mass is 32.2. The van der Waals surface area contributed by atoms with Gasteiger partial charge in [0.15, 0.2) is 5.16 Å². The van der Waals surface area contributed by atoms with E-state index in [2.05, 4.69) is 19.9 Å². The number of nitriles is 1. The van der Waals surface area contributed by atoms with Crippen molar-refractivity contribution in [2.45, 2.75) is 38.4 Å². The van der Waals surface area contributed by atoms with Crippen molar-refractivity contribution in [3.05, 3.63) is 64.4 Å². The highest BCUT2D eigenvalue weighted by molar-refractivity contribution is 7.99. The number of benzene rings is 2. The van der Waals surface area contributed by atoms with Crippen LogP contribution in [-0.2, 0) is 13.0 Å². The minimum Gasteiger partial charge on any atom is -0.493 e. The van der Waals surface area contributed by atoms with Crippen LogP contribution in [0.5, 0.6) is 5.75 Å². The molecule has 29 heavy (non-hydrogen) atoms. The number of rotatable bonds is 9. The second-order valence-electron chi connectivity index (χ2n) is 7.23. The number of fused-ring (bicyclic) bond motifs is 1. The Labute approximate surface area is 175 Å². The van der Waals surface area contributed by atoms with Crippen LogP contribution in [-0.4, -0.2) is 21.9 Å². The van der Waals surface area contributed by atoms with Gasteiger partial charge in [0.2, 0.25) is 0 Å². The maximum absolute atomic E-state index is 13.0. The summed E-state index contributed by atoms with van der Waals surface area (Å²) in [6.45, 7) is 5.48. The molecule has 0 atom stereocenters. The predicted octanol–water partition coefficient (Wildman–Crippen LogP) is 4.68. The maximum Gasteiger partial charge on any atom is 0.262 e. The molecule has 0 saturated heterocycles. The van der Waals surface area contributed by atoms with E-state index in [-0.39, 0.29) is 5.56 Å². The summed E-state index contributed by atoms with van der Waals surface area (Å²) >= 11 is 1.54. The molecule has 0 aliphatic heterocycles. The second kappa shape index (κ2) is 10.1. The fourth-order valence-corrected chi connectivity index (χ4v) is 3.77. The minimum atomic E-state index is 0.0211. The van der Waals surface area contributed by atoms with Gasteiger partial charge in [0, 0.05) is 12.3 Å². The van der Waals surface area contributed by atoms with Crippen molar-refractivity contribution in [1.29, 1.82) is 5.26 Å². The van der Waals surface area contributed by atoms with E-state index in [0.29, 0.717) is 36.6 Å². The minimum absolute atomic E-state index is 0.0211. The fourth-order valence-electron chi connectivity index (χ4n) is 2.93. The van der Waals surface area contributed by atoms with E-state index in [9.17, 15) is 4.79 Å². The first-order valence-corrected chi connectivity index (χ1v) is 10.8. The van der Waals surface area contributed by atoms with Crippen molar-refractivity contribution in [2.24, 2.45) is 5.92 Å². The molecular formula is C23H25N3O2S. The average Bonchev–Trinajstić information content (AvgIpc) is 2.72. The summed E-state index contributed by atoms with van der Waals surface area (Å²) in [7, 11) is 0. The van der Waals surface area contributed by atoms with Crippen molar-refractivity contribution in [3.63, 3.8) is 0 Å². The van der Waals surface area contributed by atoms with E-state index in [0.717, 1.165) is 28.4 Å². The molecule has 3 aromatic rings. The number of hydrogen-bond acceptors (Lipinski definition) is 5. The first-order valence-electron chi connectivity index (χ1n) is 9.79. The third-order valence-electron chi connectivity index (χ3n) is 4.55. The average molecular weight is 408 g/mol. The summed E-state index contributed by atoms with van der Waals surface area (Å²) < 4.78 is 7.59. The summed E-state index contributed by atoms with van der Waals surface area (Å²) in [5.74, 6) is 1.97. The second-order valence-corrected chi connectivity index (χ2v) is 8.29. The summed E-state index contributed by atoms with van der Waals surface area (Å²) in [4.78, 5) is 17.7. The standard InChI is InChI=1S/C23H25N3O2S/c1-17(2)12-14-26-22(27)20-5-3-4-6-21(20)25-23(26)29-16-15-28-19-9-7-18(8-10-19)11-13-24/h3-10,17H,11-12,14-16H2,1-2H3. The Balaban J connectivity index is 1.69. The van der Waals surface area contributed by atoms with Crippen LogP contribution in [0.1, 0.15) is 25.8 Å². The van der Waals surface area contributed by atoms with Gasteiger partial charge in [-0.1, -0.05) is 49.9 Å². The van der Waals surface area contributed by atoms with Gasteiger partial charge in [-0.05, 0) is 42.2 Å². The van der Waals surface area contributed by atoms with Gasteiger partial charge < -0.3 is 4.74 Å². The van der Waals surface area contributed by atoms with Crippen LogP contribution in [0.25, 0.3) is 10.9 Å². The molecule has 6 heteroatoms. The van der Waals surface area contributed by atoms with Crippen molar-refractivity contribution in [3.8, 4) is 11.8 Å². The molecule has 0 saturated carbocycles. The molecule has 150 valence electrons. The molecule has 0 amide bonds. The van der Waals surface area contributed by atoms with Crippen LogP contribution in [0.2, 0.25) is 0 Å². The van der Waals surface area contributed by atoms with E-state index >= 15 is 0 Å². The molecule has 0 spiro atoms. The molecule has 5 nitrogen and oxygen atoms in total. The molecule has 0 fully saturated rings. The predicted molar refractivity (Wildman–Crippen MR) is 117 cm³/mol. The molecule has 2 aromatic carbocycles. The normalized spacial score (nSPS) is 11.0. The van der Waals surface area contributed by atoms with Crippen molar-refractivity contribution in [1.82, 2.24) is 9.55 Å². The van der Waals surface area contributed by atoms with E-state index < -0.39 is 0 Å². The highest BCUT2D eigenvalue weighted by Crippen LogP contribution is 2.20. The first-order chi connectivity index (χ1) is 14.1. The Morgan fingerprint density at radius 1 is 1.17 bits per heavy atom. The van der Waals surface area contributed by atoms with E-state index in [1.165, 1.54) is 0 Å². The van der Waals surface area contributed by atoms with Gasteiger partial charge in [0.25, 0.3) is 5.56 Å². The number of thioether (sulfide) groups is 1. The molecule has 0 radical (unpaired) electrons. The SMILES string of the molecule is CC(C)CCn1c(SCCOc2ccc(CC#N)cc2)nc2ccccc2c1=O.